The fourth-order valence-electron chi connectivity index (χ4n) is 4.45. The third-order valence-corrected chi connectivity index (χ3v) is 5.60. The Hall–Kier alpha value is -2.20. The molecule has 4 heteroatoms. The molecule has 0 aromatic heterocycles. The Labute approximate surface area is 147 Å². The summed E-state index contributed by atoms with van der Waals surface area (Å²) in [5.74, 6) is -0.436. The van der Waals surface area contributed by atoms with Crippen LogP contribution in [0.4, 0.5) is 10.1 Å². The smallest absolute Gasteiger partial charge is 0.229 e. The Morgan fingerprint density at radius 3 is 2.60 bits per heavy atom. The van der Waals surface area contributed by atoms with Crippen LogP contribution in [0.15, 0.2) is 54.6 Å². The van der Waals surface area contributed by atoms with Gasteiger partial charge in [0.1, 0.15) is 5.82 Å². The fourth-order valence-corrected chi connectivity index (χ4v) is 4.45. The van der Waals surface area contributed by atoms with Gasteiger partial charge in [0.25, 0.3) is 0 Å². The molecule has 0 saturated carbocycles. The van der Waals surface area contributed by atoms with E-state index in [1.54, 1.807) is 18.2 Å². The highest BCUT2D eigenvalue weighted by Crippen LogP contribution is 2.42. The molecular weight excluding hydrogens is 315 g/mol. The Morgan fingerprint density at radius 2 is 1.80 bits per heavy atom. The van der Waals surface area contributed by atoms with Crippen LogP contribution in [0, 0.1) is 11.7 Å². The first kappa shape index (κ1) is 16.3. The number of para-hydroxylation sites is 1. The second-order valence-electron chi connectivity index (χ2n) is 7.07. The average Bonchev–Trinajstić information content (AvgIpc) is 3.04. The molecular formula is C21H23FN2O. The molecule has 2 aromatic rings. The van der Waals surface area contributed by atoms with Crippen molar-refractivity contribution in [2.24, 2.45) is 5.92 Å². The van der Waals surface area contributed by atoms with Crippen LogP contribution in [-0.4, -0.2) is 29.9 Å². The highest BCUT2D eigenvalue weighted by atomic mass is 19.1. The molecule has 2 aliphatic heterocycles. The van der Waals surface area contributed by atoms with Gasteiger partial charge in [0, 0.05) is 18.5 Å². The second-order valence-corrected chi connectivity index (χ2v) is 7.07. The van der Waals surface area contributed by atoms with Gasteiger partial charge in [-0.3, -0.25) is 9.69 Å². The largest absolute Gasteiger partial charge is 0.323 e. The number of amides is 1. The molecule has 0 spiro atoms. The zero-order chi connectivity index (χ0) is 17.2. The minimum absolute atomic E-state index is 0.0756. The van der Waals surface area contributed by atoms with Crippen molar-refractivity contribution in [3.63, 3.8) is 0 Å². The molecule has 2 aliphatic rings. The molecule has 1 amide bonds. The van der Waals surface area contributed by atoms with Crippen molar-refractivity contribution in [2.45, 2.75) is 31.2 Å². The van der Waals surface area contributed by atoms with Crippen LogP contribution in [0.3, 0.4) is 0 Å². The van der Waals surface area contributed by atoms with Crippen molar-refractivity contribution >= 4 is 11.6 Å². The summed E-state index contributed by atoms with van der Waals surface area (Å²) < 4.78 is 13.9. The van der Waals surface area contributed by atoms with Gasteiger partial charge in [0.15, 0.2) is 0 Å². The SMILES string of the molecule is O=C(Nc1ccccc1F)C1CN2CCCCC2C1c1ccccc1. The predicted molar refractivity (Wildman–Crippen MR) is 96.9 cm³/mol. The molecule has 3 atom stereocenters. The first-order valence-electron chi connectivity index (χ1n) is 9.08. The average molecular weight is 338 g/mol. The molecule has 0 aliphatic carbocycles. The standard InChI is InChI=1S/C21H23FN2O/c22-17-10-4-5-11-18(17)23-21(25)16-14-24-13-7-6-12-19(24)20(16)15-8-2-1-3-9-15/h1-5,8-11,16,19-20H,6-7,12-14H2,(H,23,25). The third kappa shape index (κ3) is 3.19. The van der Waals surface area contributed by atoms with Crippen LogP contribution in [0.25, 0.3) is 0 Å². The lowest BCUT2D eigenvalue weighted by Crippen LogP contribution is -2.36. The van der Waals surface area contributed by atoms with Gasteiger partial charge in [-0.25, -0.2) is 4.39 Å². The third-order valence-electron chi connectivity index (χ3n) is 5.60. The summed E-state index contributed by atoms with van der Waals surface area (Å²) in [4.78, 5) is 15.4. The minimum Gasteiger partial charge on any atom is -0.323 e. The van der Waals surface area contributed by atoms with Crippen molar-refractivity contribution in [3.8, 4) is 0 Å². The van der Waals surface area contributed by atoms with Gasteiger partial charge in [-0.1, -0.05) is 48.9 Å². The zero-order valence-corrected chi connectivity index (χ0v) is 14.2. The number of rotatable bonds is 3. The van der Waals surface area contributed by atoms with Crippen molar-refractivity contribution in [1.29, 1.82) is 0 Å². The maximum atomic E-state index is 13.9. The van der Waals surface area contributed by atoms with Crippen LogP contribution < -0.4 is 5.32 Å². The number of carbonyl (C=O) groups excluding carboxylic acids is 1. The number of nitrogens with zero attached hydrogens (tertiary/aromatic N) is 1. The molecule has 4 rings (SSSR count). The van der Waals surface area contributed by atoms with E-state index in [0.29, 0.717) is 6.04 Å². The first-order chi connectivity index (χ1) is 12.2. The topological polar surface area (TPSA) is 32.3 Å². The summed E-state index contributed by atoms with van der Waals surface area (Å²) in [6, 6.07) is 17.1. The van der Waals surface area contributed by atoms with E-state index in [9.17, 15) is 9.18 Å². The van der Waals surface area contributed by atoms with E-state index < -0.39 is 0 Å². The van der Waals surface area contributed by atoms with Crippen molar-refractivity contribution in [2.75, 3.05) is 18.4 Å². The van der Waals surface area contributed by atoms with Crippen LogP contribution in [0.1, 0.15) is 30.7 Å². The fraction of sp³-hybridized carbons (Fsp3) is 0.381. The van der Waals surface area contributed by atoms with E-state index in [0.717, 1.165) is 19.5 Å². The number of piperidine rings is 1. The Morgan fingerprint density at radius 1 is 1.04 bits per heavy atom. The lowest BCUT2D eigenvalue weighted by Gasteiger charge is -2.32. The quantitative estimate of drug-likeness (QED) is 0.916. The first-order valence-corrected chi connectivity index (χ1v) is 9.08. The maximum absolute atomic E-state index is 13.9. The van der Waals surface area contributed by atoms with Gasteiger partial charge in [-0.05, 0) is 37.1 Å². The molecule has 1 N–H and O–H groups in total. The number of benzene rings is 2. The lowest BCUT2D eigenvalue weighted by atomic mass is 9.81. The summed E-state index contributed by atoms with van der Waals surface area (Å²) in [6.45, 7) is 1.81. The predicted octanol–water partition coefficient (Wildman–Crippen LogP) is 4.03. The zero-order valence-electron chi connectivity index (χ0n) is 14.2. The Bertz CT molecular complexity index is 749. The van der Waals surface area contributed by atoms with E-state index in [1.165, 1.54) is 24.5 Å². The monoisotopic (exact) mass is 338 g/mol. The van der Waals surface area contributed by atoms with E-state index >= 15 is 0 Å². The van der Waals surface area contributed by atoms with Gasteiger partial charge >= 0.3 is 0 Å². The normalized spacial score (nSPS) is 26.2. The molecule has 0 radical (unpaired) electrons. The Balaban J connectivity index is 1.62. The van der Waals surface area contributed by atoms with Crippen molar-refractivity contribution in [1.82, 2.24) is 4.90 Å². The van der Waals surface area contributed by atoms with Crippen LogP contribution in [-0.2, 0) is 4.79 Å². The summed E-state index contributed by atoms with van der Waals surface area (Å²) in [5, 5.41) is 2.82. The van der Waals surface area contributed by atoms with Gasteiger partial charge in [0.2, 0.25) is 5.91 Å². The molecule has 3 nitrogen and oxygen atoms in total. The number of carbonyl (C=O) groups is 1. The van der Waals surface area contributed by atoms with Crippen LogP contribution >= 0.6 is 0 Å². The van der Waals surface area contributed by atoms with E-state index in [1.807, 2.05) is 18.2 Å². The van der Waals surface area contributed by atoms with E-state index in [2.05, 4.69) is 22.3 Å². The van der Waals surface area contributed by atoms with Crippen molar-refractivity contribution < 1.29 is 9.18 Å². The van der Waals surface area contributed by atoms with Gasteiger partial charge in [-0.15, -0.1) is 0 Å². The minimum atomic E-state index is -0.386. The number of hydrogen-bond donors (Lipinski definition) is 1. The van der Waals surface area contributed by atoms with Gasteiger partial charge < -0.3 is 5.32 Å². The summed E-state index contributed by atoms with van der Waals surface area (Å²) in [5.41, 5.74) is 1.48. The number of fused-ring (bicyclic) bond motifs is 1. The number of hydrogen-bond acceptors (Lipinski definition) is 2. The number of nitrogens with one attached hydrogen (secondary N) is 1. The Kier molecular flexibility index (Phi) is 4.53. The molecule has 3 unspecified atom stereocenters. The molecule has 2 aromatic carbocycles. The summed E-state index contributed by atoms with van der Waals surface area (Å²) in [6.07, 6.45) is 3.54. The molecule has 2 heterocycles. The van der Waals surface area contributed by atoms with Crippen LogP contribution in [0.5, 0.6) is 0 Å². The molecule has 25 heavy (non-hydrogen) atoms. The number of anilines is 1. The summed E-state index contributed by atoms with van der Waals surface area (Å²) in [7, 11) is 0. The van der Waals surface area contributed by atoms with Gasteiger partial charge in [0.05, 0.1) is 11.6 Å². The highest BCUT2D eigenvalue weighted by Gasteiger charge is 2.46. The molecule has 2 fully saturated rings. The van der Waals surface area contributed by atoms with E-state index in [-0.39, 0.29) is 29.2 Å². The van der Waals surface area contributed by atoms with Crippen molar-refractivity contribution in [3.05, 3.63) is 66.0 Å². The molecule has 2 saturated heterocycles. The van der Waals surface area contributed by atoms with E-state index in [4.69, 9.17) is 0 Å². The maximum Gasteiger partial charge on any atom is 0.229 e. The van der Waals surface area contributed by atoms with Crippen LogP contribution in [0.2, 0.25) is 0 Å². The molecule has 0 bridgehead atoms. The molecule has 130 valence electrons. The second kappa shape index (κ2) is 6.96. The van der Waals surface area contributed by atoms with Gasteiger partial charge in [-0.2, -0.15) is 0 Å². The number of halogens is 1. The lowest BCUT2D eigenvalue weighted by molar-refractivity contribution is -0.119. The summed E-state index contributed by atoms with van der Waals surface area (Å²) >= 11 is 0. The highest BCUT2D eigenvalue weighted by molar-refractivity contribution is 5.93.